The van der Waals surface area contributed by atoms with Gasteiger partial charge in [0.1, 0.15) is 0 Å². The topological polar surface area (TPSA) is 40.5 Å². The van der Waals surface area contributed by atoms with Crippen molar-refractivity contribution < 1.29 is 9.90 Å². The molecule has 3 heteroatoms. The Hall–Kier alpha value is -0.730. The van der Waals surface area contributed by atoms with Crippen LogP contribution in [0, 0.1) is 11.8 Å². The summed E-state index contributed by atoms with van der Waals surface area (Å²) in [5.74, 6) is 1.49. The molecule has 0 aromatic carbocycles. The van der Waals surface area contributed by atoms with E-state index in [1.807, 2.05) is 6.92 Å². The molecule has 1 amide bonds. The minimum atomic E-state index is -0.737. The van der Waals surface area contributed by atoms with Gasteiger partial charge in [-0.15, -0.1) is 0 Å². The molecular formula is C13H23NO2. The zero-order chi connectivity index (χ0) is 11.5. The van der Waals surface area contributed by atoms with E-state index in [0.717, 1.165) is 18.9 Å². The van der Waals surface area contributed by atoms with E-state index in [2.05, 4.69) is 0 Å². The Bertz CT molecular complexity index is 248. The number of carbonyl (C=O) groups is 1. The van der Waals surface area contributed by atoms with Crippen molar-refractivity contribution >= 4 is 6.09 Å². The lowest BCUT2D eigenvalue weighted by Gasteiger charge is -2.24. The fourth-order valence-corrected chi connectivity index (χ4v) is 3.47. The van der Waals surface area contributed by atoms with E-state index in [-0.39, 0.29) is 6.04 Å². The second-order valence-electron chi connectivity index (χ2n) is 5.63. The normalized spacial score (nSPS) is 31.9. The number of hydrogen-bond donors (Lipinski definition) is 1. The van der Waals surface area contributed by atoms with Crippen molar-refractivity contribution in [3.63, 3.8) is 0 Å². The molecule has 92 valence electrons. The van der Waals surface area contributed by atoms with Gasteiger partial charge in [0.05, 0.1) is 0 Å². The van der Waals surface area contributed by atoms with E-state index < -0.39 is 6.09 Å². The molecule has 2 aliphatic rings. The molecule has 0 bridgehead atoms. The molecule has 1 heterocycles. The van der Waals surface area contributed by atoms with Crippen molar-refractivity contribution in [3.05, 3.63) is 0 Å². The van der Waals surface area contributed by atoms with Gasteiger partial charge in [-0.1, -0.05) is 32.1 Å². The monoisotopic (exact) mass is 225 g/mol. The van der Waals surface area contributed by atoms with Crippen LogP contribution < -0.4 is 0 Å². The SMILES string of the molecule is C[C@@H]1C[C@H](CC2CCCCC2)CN1C(=O)O. The second kappa shape index (κ2) is 5.07. The minimum absolute atomic E-state index is 0.228. The Balaban J connectivity index is 1.81. The maximum absolute atomic E-state index is 11.0. The molecule has 0 aromatic rings. The summed E-state index contributed by atoms with van der Waals surface area (Å²) < 4.78 is 0. The van der Waals surface area contributed by atoms with Crippen LogP contribution in [0.25, 0.3) is 0 Å². The van der Waals surface area contributed by atoms with Crippen LogP contribution in [0.1, 0.15) is 51.9 Å². The lowest BCUT2D eigenvalue weighted by atomic mass is 9.82. The molecule has 0 unspecified atom stereocenters. The van der Waals surface area contributed by atoms with Crippen LogP contribution in [-0.2, 0) is 0 Å². The third-order valence-corrected chi connectivity index (χ3v) is 4.30. The molecule has 1 saturated heterocycles. The summed E-state index contributed by atoms with van der Waals surface area (Å²) in [6.07, 6.45) is 8.51. The van der Waals surface area contributed by atoms with Gasteiger partial charge in [0, 0.05) is 12.6 Å². The van der Waals surface area contributed by atoms with Crippen molar-refractivity contribution in [3.8, 4) is 0 Å². The summed E-state index contributed by atoms with van der Waals surface area (Å²) in [6, 6.07) is 0.228. The lowest BCUT2D eigenvalue weighted by Crippen LogP contribution is -2.32. The molecule has 0 spiro atoms. The number of rotatable bonds is 2. The van der Waals surface area contributed by atoms with Gasteiger partial charge in [0.15, 0.2) is 0 Å². The van der Waals surface area contributed by atoms with Crippen LogP contribution in [0.2, 0.25) is 0 Å². The smallest absolute Gasteiger partial charge is 0.407 e. The number of nitrogens with zero attached hydrogens (tertiary/aromatic N) is 1. The fourth-order valence-electron chi connectivity index (χ4n) is 3.47. The van der Waals surface area contributed by atoms with Crippen LogP contribution in [0.5, 0.6) is 0 Å². The summed E-state index contributed by atoms with van der Waals surface area (Å²) in [4.78, 5) is 12.6. The molecule has 0 radical (unpaired) electrons. The van der Waals surface area contributed by atoms with Gasteiger partial charge < -0.3 is 10.0 Å². The highest BCUT2D eigenvalue weighted by atomic mass is 16.4. The van der Waals surface area contributed by atoms with Crippen molar-refractivity contribution in [2.24, 2.45) is 11.8 Å². The van der Waals surface area contributed by atoms with E-state index in [1.54, 1.807) is 4.90 Å². The van der Waals surface area contributed by atoms with Crippen LogP contribution in [-0.4, -0.2) is 28.7 Å². The Labute approximate surface area is 97.8 Å². The molecule has 1 N–H and O–H groups in total. The summed E-state index contributed by atoms with van der Waals surface area (Å²) in [6.45, 7) is 2.81. The molecule has 0 aromatic heterocycles. The van der Waals surface area contributed by atoms with Crippen molar-refractivity contribution in [2.75, 3.05) is 6.54 Å². The van der Waals surface area contributed by atoms with Gasteiger partial charge in [-0.05, 0) is 31.6 Å². The highest BCUT2D eigenvalue weighted by Crippen LogP contribution is 2.34. The first kappa shape index (κ1) is 11.7. The first-order valence-corrected chi connectivity index (χ1v) is 6.66. The van der Waals surface area contributed by atoms with E-state index in [9.17, 15) is 4.79 Å². The first-order chi connectivity index (χ1) is 7.66. The van der Waals surface area contributed by atoms with Crippen molar-refractivity contribution in [2.45, 2.75) is 57.9 Å². The quantitative estimate of drug-likeness (QED) is 0.783. The van der Waals surface area contributed by atoms with E-state index in [4.69, 9.17) is 5.11 Å². The molecule has 1 saturated carbocycles. The zero-order valence-electron chi connectivity index (χ0n) is 10.2. The number of hydrogen-bond acceptors (Lipinski definition) is 1. The predicted octanol–water partition coefficient (Wildman–Crippen LogP) is 3.35. The summed E-state index contributed by atoms with van der Waals surface area (Å²) in [5, 5.41) is 9.03. The molecular weight excluding hydrogens is 202 g/mol. The summed E-state index contributed by atoms with van der Waals surface area (Å²) in [7, 11) is 0. The van der Waals surface area contributed by atoms with E-state index >= 15 is 0 Å². The van der Waals surface area contributed by atoms with Gasteiger partial charge in [-0.2, -0.15) is 0 Å². The van der Waals surface area contributed by atoms with E-state index in [1.165, 1.54) is 38.5 Å². The average molecular weight is 225 g/mol. The minimum Gasteiger partial charge on any atom is -0.465 e. The highest BCUT2D eigenvalue weighted by molar-refractivity contribution is 5.65. The molecule has 2 rings (SSSR count). The number of amides is 1. The predicted molar refractivity (Wildman–Crippen MR) is 63.5 cm³/mol. The Morgan fingerprint density at radius 1 is 1.25 bits per heavy atom. The largest absolute Gasteiger partial charge is 0.465 e. The molecule has 2 fully saturated rings. The molecule has 3 nitrogen and oxygen atoms in total. The highest BCUT2D eigenvalue weighted by Gasteiger charge is 2.33. The number of carboxylic acid groups (broad SMARTS) is 1. The molecule has 2 atom stereocenters. The second-order valence-corrected chi connectivity index (χ2v) is 5.63. The van der Waals surface area contributed by atoms with Crippen molar-refractivity contribution in [1.82, 2.24) is 4.90 Å². The lowest BCUT2D eigenvalue weighted by molar-refractivity contribution is 0.141. The summed E-state index contributed by atoms with van der Waals surface area (Å²) in [5.41, 5.74) is 0. The molecule has 16 heavy (non-hydrogen) atoms. The van der Waals surface area contributed by atoms with Crippen molar-refractivity contribution in [1.29, 1.82) is 0 Å². The number of likely N-dealkylation sites (tertiary alicyclic amines) is 1. The van der Waals surface area contributed by atoms with Gasteiger partial charge in [-0.3, -0.25) is 0 Å². The van der Waals surface area contributed by atoms with Gasteiger partial charge in [0.2, 0.25) is 0 Å². The molecule has 1 aliphatic carbocycles. The van der Waals surface area contributed by atoms with Gasteiger partial charge in [-0.25, -0.2) is 4.79 Å². The standard InChI is InChI=1S/C13H23NO2/c1-10-7-12(9-14(10)13(15)16)8-11-5-3-2-4-6-11/h10-12H,2-9H2,1H3,(H,15,16)/t10-,12-/m1/s1. The van der Waals surface area contributed by atoms with E-state index in [0.29, 0.717) is 5.92 Å². The Kier molecular flexibility index (Phi) is 3.72. The van der Waals surface area contributed by atoms with Crippen LogP contribution in [0.3, 0.4) is 0 Å². The van der Waals surface area contributed by atoms with Crippen LogP contribution >= 0.6 is 0 Å². The zero-order valence-corrected chi connectivity index (χ0v) is 10.2. The Morgan fingerprint density at radius 2 is 1.94 bits per heavy atom. The first-order valence-electron chi connectivity index (χ1n) is 6.66. The Morgan fingerprint density at radius 3 is 2.50 bits per heavy atom. The summed E-state index contributed by atoms with van der Waals surface area (Å²) >= 11 is 0. The third-order valence-electron chi connectivity index (χ3n) is 4.30. The fraction of sp³-hybridized carbons (Fsp3) is 0.923. The van der Waals surface area contributed by atoms with Crippen LogP contribution in [0.4, 0.5) is 4.79 Å². The van der Waals surface area contributed by atoms with Gasteiger partial charge >= 0.3 is 6.09 Å². The maximum atomic E-state index is 11.0. The molecule has 1 aliphatic heterocycles. The average Bonchev–Trinajstić information content (AvgIpc) is 2.61. The van der Waals surface area contributed by atoms with Gasteiger partial charge in [0.25, 0.3) is 0 Å². The maximum Gasteiger partial charge on any atom is 0.407 e. The van der Waals surface area contributed by atoms with Crippen LogP contribution in [0.15, 0.2) is 0 Å². The third kappa shape index (κ3) is 2.69.